The summed E-state index contributed by atoms with van der Waals surface area (Å²) in [6, 6.07) is 7.22. The minimum Gasteiger partial charge on any atom is -0.316 e. The van der Waals surface area contributed by atoms with Crippen LogP contribution in [0, 0.1) is 0 Å². The molecule has 1 rings (SSSR count). The maximum Gasteiger partial charge on any atom is 0.0247 e. The Labute approximate surface area is 114 Å². The Morgan fingerprint density at radius 3 is 2.53 bits per heavy atom. The molecule has 0 radical (unpaired) electrons. The molecule has 1 aromatic carbocycles. The fourth-order valence-corrected chi connectivity index (χ4v) is 2.46. The zero-order valence-corrected chi connectivity index (χ0v) is 12.8. The molecule has 0 amide bonds. The highest BCUT2D eigenvalue weighted by atomic mass is 79.9. The van der Waals surface area contributed by atoms with E-state index in [4.69, 9.17) is 0 Å². The van der Waals surface area contributed by atoms with Gasteiger partial charge in [-0.25, -0.2) is 0 Å². The first-order valence-corrected chi connectivity index (χ1v) is 7.03. The molecule has 1 N–H and O–H groups in total. The molecular weight excluding hydrogens is 276 g/mol. The topological polar surface area (TPSA) is 15.3 Å². The van der Waals surface area contributed by atoms with Crippen molar-refractivity contribution in [3.8, 4) is 0 Å². The second kappa shape index (κ2) is 7.14. The Bertz CT molecular complexity index is 350. The number of rotatable bonds is 6. The molecule has 1 aromatic rings. The summed E-state index contributed by atoms with van der Waals surface area (Å²) in [5.41, 5.74) is 2.68. The van der Waals surface area contributed by atoms with Crippen molar-refractivity contribution in [2.75, 3.05) is 13.6 Å². The number of halogens is 1. The molecular formula is C14H23BrN2. The van der Waals surface area contributed by atoms with Gasteiger partial charge in [0.1, 0.15) is 0 Å². The van der Waals surface area contributed by atoms with Gasteiger partial charge >= 0.3 is 0 Å². The highest BCUT2D eigenvalue weighted by Crippen LogP contribution is 2.21. The average molecular weight is 299 g/mol. The summed E-state index contributed by atoms with van der Waals surface area (Å²) in [7, 11) is 1.97. The van der Waals surface area contributed by atoms with Gasteiger partial charge in [0.2, 0.25) is 0 Å². The van der Waals surface area contributed by atoms with Gasteiger partial charge in [0, 0.05) is 23.6 Å². The quantitative estimate of drug-likeness (QED) is 0.866. The smallest absolute Gasteiger partial charge is 0.0247 e. The zero-order chi connectivity index (χ0) is 12.8. The predicted molar refractivity (Wildman–Crippen MR) is 78.1 cm³/mol. The molecule has 0 saturated carbocycles. The molecule has 0 aliphatic rings. The van der Waals surface area contributed by atoms with Gasteiger partial charge in [-0.1, -0.05) is 35.0 Å². The number of hydrogen-bond donors (Lipinski definition) is 1. The molecule has 3 heteroatoms. The van der Waals surface area contributed by atoms with Gasteiger partial charge in [-0.15, -0.1) is 0 Å². The summed E-state index contributed by atoms with van der Waals surface area (Å²) in [5, 5.41) is 3.17. The molecule has 0 fully saturated rings. The zero-order valence-electron chi connectivity index (χ0n) is 11.3. The van der Waals surface area contributed by atoms with Crippen LogP contribution in [0.4, 0.5) is 0 Å². The summed E-state index contributed by atoms with van der Waals surface area (Å²) in [6.07, 6.45) is 0. The average Bonchev–Trinajstić information content (AvgIpc) is 2.28. The molecule has 0 unspecified atom stereocenters. The maximum atomic E-state index is 3.67. The van der Waals surface area contributed by atoms with Gasteiger partial charge in [0.15, 0.2) is 0 Å². The van der Waals surface area contributed by atoms with E-state index in [1.165, 1.54) is 15.6 Å². The van der Waals surface area contributed by atoms with Crippen LogP contribution in [0.15, 0.2) is 22.7 Å². The lowest BCUT2D eigenvalue weighted by Gasteiger charge is -2.25. The maximum absolute atomic E-state index is 3.67. The lowest BCUT2D eigenvalue weighted by Crippen LogP contribution is -2.30. The first-order chi connectivity index (χ1) is 8.08. The standard InChI is InChI=1S/C14H23BrN2/c1-5-17(11(2)3)10-13-7-6-12(9-16-4)8-14(13)15/h6-8,11,16H,5,9-10H2,1-4H3. The van der Waals surface area contributed by atoms with Gasteiger partial charge in [-0.3, -0.25) is 4.90 Å². The van der Waals surface area contributed by atoms with E-state index in [0.717, 1.165) is 19.6 Å². The number of nitrogens with one attached hydrogen (secondary N) is 1. The first kappa shape index (κ1) is 14.7. The summed E-state index contributed by atoms with van der Waals surface area (Å²) >= 11 is 3.67. The van der Waals surface area contributed by atoms with Crippen LogP contribution >= 0.6 is 15.9 Å². The number of nitrogens with zero attached hydrogens (tertiary/aromatic N) is 1. The van der Waals surface area contributed by atoms with Gasteiger partial charge in [-0.2, -0.15) is 0 Å². The predicted octanol–water partition coefficient (Wildman–Crippen LogP) is 3.40. The second-order valence-corrected chi connectivity index (χ2v) is 5.47. The van der Waals surface area contributed by atoms with Crippen molar-refractivity contribution in [3.05, 3.63) is 33.8 Å². The molecule has 0 aliphatic carbocycles. The summed E-state index contributed by atoms with van der Waals surface area (Å²) in [4.78, 5) is 2.46. The van der Waals surface area contributed by atoms with Crippen molar-refractivity contribution in [1.82, 2.24) is 10.2 Å². The fourth-order valence-electron chi connectivity index (χ4n) is 1.91. The molecule has 0 heterocycles. The van der Waals surface area contributed by atoms with Crippen LogP contribution < -0.4 is 5.32 Å². The van der Waals surface area contributed by atoms with Crippen molar-refractivity contribution in [3.63, 3.8) is 0 Å². The van der Waals surface area contributed by atoms with Crippen molar-refractivity contribution in [2.24, 2.45) is 0 Å². The summed E-state index contributed by atoms with van der Waals surface area (Å²) in [6.45, 7) is 9.71. The van der Waals surface area contributed by atoms with Crippen LogP contribution in [0.5, 0.6) is 0 Å². The van der Waals surface area contributed by atoms with E-state index in [1.54, 1.807) is 0 Å². The fraction of sp³-hybridized carbons (Fsp3) is 0.571. The molecule has 17 heavy (non-hydrogen) atoms. The Morgan fingerprint density at radius 2 is 2.06 bits per heavy atom. The van der Waals surface area contributed by atoms with Crippen LogP contribution in [0.25, 0.3) is 0 Å². The van der Waals surface area contributed by atoms with E-state index < -0.39 is 0 Å². The monoisotopic (exact) mass is 298 g/mol. The van der Waals surface area contributed by atoms with Gasteiger partial charge in [0.25, 0.3) is 0 Å². The minimum absolute atomic E-state index is 0.587. The SMILES string of the molecule is CCN(Cc1ccc(CNC)cc1Br)C(C)C. The molecule has 0 aromatic heterocycles. The Balaban J connectivity index is 2.78. The first-order valence-electron chi connectivity index (χ1n) is 6.24. The van der Waals surface area contributed by atoms with Gasteiger partial charge in [0.05, 0.1) is 0 Å². The van der Waals surface area contributed by atoms with E-state index in [1.807, 2.05) is 7.05 Å². The third kappa shape index (κ3) is 4.41. The van der Waals surface area contributed by atoms with Crippen molar-refractivity contribution < 1.29 is 0 Å². The van der Waals surface area contributed by atoms with E-state index in [-0.39, 0.29) is 0 Å². The van der Waals surface area contributed by atoms with Crippen molar-refractivity contribution in [2.45, 2.75) is 39.9 Å². The normalized spacial score (nSPS) is 11.5. The molecule has 0 saturated heterocycles. The molecule has 0 bridgehead atoms. The largest absolute Gasteiger partial charge is 0.316 e. The van der Waals surface area contributed by atoms with Crippen LogP contribution in [0.2, 0.25) is 0 Å². The molecule has 0 spiro atoms. The molecule has 96 valence electrons. The van der Waals surface area contributed by atoms with Gasteiger partial charge in [-0.05, 0) is 44.6 Å². The summed E-state index contributed by atoms with van der Waals surface area (Å²) in [5.74, 6) is 0. The van der Waals surface area contributed by atoms with Gasteiger partial charge < -0.3 is 5.32 Å². The molecule has 0 aliphatic heterocycles. The highest BCUT2D eigenvalue weighted by molar-refractivity contribution is 9.10. The highest BCUT2D eigenvalue weighted by Gasteiger charge is 2.10. The van der Waals surface area contributed by atoms with E-state index in [2.05, 4.69) is 65.1 Å². The van der Waals surface area contributed by atoms with E-state index in [0.29, 0.717) is 6.04 Å². The number of benzene rings is 1. The Hall–Kier alpha value is -0.380. The van der Waals surface area contributed by atoms with Crippen LogP contribution in [0.3, 0.4) is 0 Å². The van der Waals surface area contributed by atoms with Crippen molar-refractivity contribution >= 4 is 15.9 Å². The number of hydrogen-bond acceptors (Lipinski definition) is 2. The van der Waals surface area contributed by atoms with Crippen molar-refractivity contribution in [1.29, 1.82) is 0 Å². The lowest BCUT2D eigenvalue weighted by atomic mass is 10.1. The summed E-state index contributed by atoms with van der Waals surface area (Å²) < 4.78 is 1.21. The van der Waals surface area contributed by atoms with E-state index >= 15 is 0 Å². The minimum atomic E-state index is 0.587. The second-order valence-electron chi connectivity index (χ2n) is 4.61. The Morgan fingerprint density at radius 1 is 1.35 bits per heavy atom. The van der Waals surface area contributed by atoms with E-state index in [9.17, 15) is 0 Å². The third-order valence-corrected chi connectivity index (χ3v) is 3.75. The third-order valence-electron chi connectivity index (χ3n) is 3.01. The lowest BCUT2D eigenvalue weighted by molar-refractivity contribution is 0.224. The Kier molecular flexibility index (Phi) is 6.17. The molecule has 0 atom stereocenters. The van der Waals surface area contributed by atoms with Crippen LogP contribution in [0.1, 0.15) is 31.9 Å². The molecule has 2 nitrogen and oxygen atoms in total. The van der Waals surface area contributed by atoms with Crippen LogP contribution in [-0.2, 0) is 13.1 Å². The van der Waals surface area contributed by atoms with Crippen LogP contribution in [-0.4, -0.2) is 24.5 Å².